The monoisotopic (exact) mass is 198 g/mol. The van der Waals surface area contributed by atoms with Crippen molar-refractivity contribution in [3.8, 4) is 0 Å². The fourth-order valence-corrected chi connectivity index (χ4v) is 1.37. The maximum Gasteiger partial charge on any atom is 2.00 e. The molecular formula is C7H10MgO3S. The Labute approximate surface area is 91.0 Å². The fraction of sp³-hybridized carbons (Fsp3) is 0.143. The summed E-state index contributed by atoms with van der Waals surface area (Å²) in [5, 5.41) is 0. The Morgan fingerprint density at radius 3 is 2.17 bits per heavy atom. The smallest absolute Gasteiger partial charge is 1.00 e. The van der Waals surface area contributed by atoms with Crippen LogP contribution in [0.25, 0.3) is 0 Å². The maximum atomic E-state index is 11.0. The van der Waals surface area contributed by atoms with E-state index in [0.29, 0.717) is 0 Å². The Morgan fingerprint density at radius 2 is 1.75 bits per heavy atom. The normalized spacial score (nSPS) is 10.4. The van der Waals surface area contributed by atoms with Crippen molar-refractivity contribution in [2.24, 2.45) is 0 Å². The minimum absolute atomic E-state index is 0. The van der Waals surface area contributed by atoms with Crippen LogP contribution in [0.3, 0.4) is 0 Å². The Kier molecular flexibility index (Phi) is 4.77. The van der Waals surface area contributed by atoms with E-state index in [-0.39, 0.29) is 30.8 Å². The molecule has 0 unspecified atom stereocenters. The van der Waals surface area contributed by atoms with Gasteiger partial charge in [-0.15, -0.1) is 0 Å². The third-order valence-electron chi connectivity index (χ3n) is 1.25. The zero-order valence-electron chi connectivity index (χ0n) is 8.73. The molecule has 0 atom stereocenters. The summed E-state index contributed by atoms with van der Waals surface area (Å²) in [7, 11) is -2.36. The molecule has 0 aliphatic carbocycles. The first-order valence-electron chi connectivity index (χ1n) is 3.02. The van der Waals surface area contributed by atoms with E-state index in [1.54, 1.807) is 18.2 Å². The first-order valence-corrected chi connectivity index (χ1v) is 4.43. The summed E-state index contributed by atoms with van der Waals surface area (Å²) in [6.45, 7) is 0. The Hall–Kier alpha value is -0.104. The van der Waals surface area contributed by atoms with E-state index in [2.05, 4.69) is 4.18 Å². The van der Waals surface area contributed by atoms with Gasteiger partial charge in [0, 0.05) is 0 Å². The molecule has 12 heavy (non-hydrogen) atoms. The number of rotatable bonds is 2. The molecule has 1 aromatic rings. The molecule has 0 spiro atoms. The summed E-state index contributed by atoms with van der Waals surface area (Å²) in [5.41, 5.74) is 0. The van der Waals surface area contributed by atoms with Crippen LogP contribution in [-0.2, 0) is 14.3 Å². The van der Waals surface area contributed by atoms with Crippen molar-refractivity contribution in [3.05, 3.63) is 30.3 Å². The molecule has 0 fully saturated rings. The number of hydrogen-bond donors (Lipinski definition) is 0. The first kappa shape index (κ1) is 11.9. The summed E-state index contributed by atoms with van der Waals surface area (Å²) in [6, 6.07) is 8.00. The summed E-state index contributed by atoms with van der Waals surface area (Å²) >= 11 is 0. The number of hydrogen-bond acceptors (Lipinski definition) is 3. The molecule has 0 heterocycles. The second-order valence-electron chi connectivity index (χ2n) is 1.93. The molecule has 1 aromatic carbocycles. The molecule has 0 saturated carbocycles. The number of benzene rings is 1. The van der Waals surface area contributed by atoms with Gasteiger partial charge in [-0.25, -0.2) is 0 Å². The predicted molar refractivity (Wildman–Crippen MR) is 48.6 cm³/mol. The largest absolute Gasteiger partial charge is 2.00 e. The average Bonchev–Trinajstić information content (AvgIpc) is 2.06. The van der Waals surface area contributed by atoms with Crippen molar-refractivity contribution in [2.75, 3.05) is 7.11 Å². The molecule has 1 rings (SSSR count). The van der Waals surface area contributed by atoms with Crippen LogP contribution >= 0.6 is 0 Å². The Balaban J connectivity index is -0.000000403. The summed E-state index contributed by atoms with van der Waals surface area (Å²) in [6.07, 6.45) is 0. The van der Waals surface area contributed by atoms with E-state index in [1.807, 2.05) is 0 Å². The van der Waals surface area contributed by atoms with Crippen LogP contribution in [0.2, 0.25) is 0 Å². The topological polar surface area (TPSA) is 43.4 Å². The van der Waals surface area contributed by atoms with Gasteiger partial charge in [0.15, 0.2) is 0 Å². The molecule has 0 aromatic heterocycles. The quantitative estimate of drug-likeness (QED) is 0.523. The van der Waals surface area contributed by atoms with Crippen molar-refractivity contribution in [2.45, 2.75) is 4.90 Å². The van der Waals surface area contributed by atoms with Gasteiger partial charge in [0.1, 0.15) is 0 Å². The van der Waals surface area contributed by atoms with Gasteiger partial charge in [0.05, 0.1) is 12.0 Å². The third kappa shape index (κ3) is 2.74. The zero-order chi connectivity index (χ0) is 8.32. The fourth-order valence-electron chi connectivity index (χ4n) is 0.683. The predicted octanol–water partition coefficient (Wildman–Crippen LogP) is 0.866. The SMILES string of the molecule is COS(=O)(=O)c1ccccc1.[H-].[H-].[Mg+2]. The zero-order valence-corrected chi connectivity index (χ0v) is 8.96. The van der Waals surface area contributed by atoms with Gasteiger partial charge >= 0.3 is 23.1 Å². The molecule has 5 heteroatoms. The van der Waals surface area contributed by atoms with Crippen LogP contribution < -0.4 is 0 Å². The standard InChI is InChI=1S/C7H8O3S.Mg.2H/c1-10-11(8,9)7-5-3-2-4-6-7;;;/h2-6H,1H3;;;/q;+2;2*-1. The molecule has 0 saturated heterocycles. The van der Waals surface area contributed by atoms with E-state index in [9.17, 15) is 8.42 Å². The molecule has 0 aliphatic heterocycles. The minimum atomic E-state index is -3.50. The molecule has 0 N–H and O–H groups in total. The average molecular weight is 199 g/mol. The Morgan fingerprint density at radius 1 is 1.25 bits per heavy atom. The second-order valence-corrected chi connectivity index (χ2v) is 3.65. The van der Waals surface area contributed by atoms with E-state index in [4.69, 9.17) is 0 Å². The van der Waals surface area contributed by atoms with Gasteiger partial charge in [-0.05, 0) is 12.1 Å². The van der Waals surface area contributed by atoms with Crippen LogP contribution in [-0.4, -0.2) is 38.6 Å². The van der Waals surface area contributed by atoms with E-state index in [0.717, 1.165) is 7.11 Å². The van der Waals surface area contributed by atoms with Crippen LogP contribution in [0.15, 0.2) is 35.2 Å². The minimum Gasteiger partial charge on any atom is -1.00 e. The first-order chi connectivity index (χ1) is 5.17. The Bertz CT molecular complexity index is 328. The van der Waals surface area contributed by atoms with E-state index < -0.39 is 10.1 Å². The van der Waals surface area contributed by atoms with Gasteiger partial charge in [0.25, 0.3) is 10.1 Å². The van der Waals surface area contributed by atoms with Crippen LogP contribution in [0.1, 0.15) is 2.85 Å². The van der Waals surface area contributed by atoms with Gasteiger partial charge in [-0.3, -0.25) is 4.18 Å². The molecule has 0 bridgehead atoms. The molecule has 0 radical (unpaired) electrons. The van der Waals surface area contributed by atoms with Gasteiger partial charge in [0.2, 0.25) is 0 Å². The summed E-state index contributed by atoms with van der Waals surface area (Å²) < 4.78 is 26.3. The third-order valence-corrected chi connectivity index (χ3v) is 2.54. The van der Waals surface area contributed by atoms with Crippen LogP contribution in [0.4, 0.5) is 0 Å². The van der Waals surface area contributed by atoms with Crippen molar-refractivity contribution in [1.82, 2.24) is 0 Å². The van der Waals surface area contributed by atoms with Crippen molar-refractivity contribution < 1.29 is 15.5 Å². The maximum absolute atomic E-state index is 11.0. The van der Waals surface area contributed by atoms with Gasteiger partial charge in [-0.1, -0.05) is 18.2 Å². The van der Waals surface area contributed by atoms with Crippen LogP contribution in [0, 0.1) is 0 Å². The molecular weight excluding hydrogens is 188 g/mol. The molecule has 3 nitrogen and oxygen atoms in total. The van der Waals surface area contributed by atoms with Crippen molar-refractivity contribution in [1.29, 1.82) is 0 Å². The molecule has 0 amide bonds. The van der Waals surface area contributed by atoms with Crippen molar-refractivity contribution in [3.63, 3.8) is 0 Å². The molecule has 0 aliphatic rings. The summed E-state index contributed by atoms with van der Waals surface area (Å²) in [5.74, 6) is 0. The second kappa shape index (κ2) is 4.81. The van der Waals surface area contributed by atoms with E-state index >= 15 is 0 Å². The van der Waals surface area contributed by atoms with Crippen LogP contribution in [0.5, 0.6) is 0 Å². The van der Waals surface area contributed by atoms with E-state index in [1.165, 1.54) is 12.1 Å². The molecule has 64 valence electrons. The van der Waals surface area contributed by atoms with Gasteiger partial charge in [-0.2, -0.15) is 8.42 Å². The van der Waals surface area contributed by atoms with Crippen molar-refractivity contribution >= 4 is 33.2 Å². The summed E-state index contributed by atoms with van der Waals surface area (Å²) in [4.78, 5) is 0.183. The van der Waals surface area contributed by atoms with Gasteiger partial charge < -0.3 is 2.85 Å².